The molecule has 23 heavy (non-hydrogen) atoms. The summed E-state index contributed by atoms with van der Waals surface area (Å²) in [6.45, 7) is 9.86. The number of aliphatic hydroxyl groups excluding tert-OH is 1. The highest BCUT2D eigenvalue weighted by molar-refractivity contribution is 5.85. The van der Waals surface area contributed by atoms with Gasteiger partial charge in [-0.05, 0) is 45.4 Å². The van der Waals surface area contributed by atoms with Gasteiger partial charge in [0.05, 0.1) is 19.3 Å². The average Bonchev–Trinajstić information content (AvgIpc) is 2.44. The van der Waals surface area contributed by atoms with Crippen molar-refractivity contribution in [1.82, 2.24) is 5.32 Å². The summed E-state index contributed by atoms with van der Waals surface area (Å²) in [7, 11) is 0. The van der Waals surface area contributed by atoms with Gasteiger partial charge in [0.2, 0.25) is 0 Å². The van der Waals surface area contributed by atoms with E-state index in [4.69, 9.17) is 14.2 Å². The minimum absolute atomic E-state index is 0. The van der Waals surface area contributed by atoms with Crippen molar-refractivity contribution in [1.29, 1.82) is 0 Å². The molecule has 2 rings (SSSR count). The molecule has 0 spiro atoms. The topological polar surface area (TPSA) is 60.0 Å². The Morgan fingerprint density at radius 3 is 2.78 bits per heavy atom. The summed E-state index contributed by atoms with van der Waals surface area (Å²) in [5.74, 6) is 1.53. The maximum atomic E-state index is 9.88. The first-order valence-corrected chi connectivity index (χ1v) is 7.74. The summed E-state index contributed by atoms with van der Waals surface area (Å²) in [4.78, 5) is 0. The SMILES string of the molecule is Cc1ccc2c(c1)OC(COCC(O)CNC(C)(C)C)CO2.Cl. The first-order chi connectivity index (χ1) is 10.3. The van der Waals surface area contributed by atoms with E-state index in [2.05, 4.69) is 26.1 Å². The predicted octanol–water partition coefficient (Wildman–Crippen LogP) is 2.32. The molecule has 0 saturated heterocycles. The maximum absolute atomic E-state index is 9.88. The molecule has 1 aliphatic rings. The van der Waals surface area contributed by atoms with E-state index >= 15 is 0 Å². The third kappa shape index (κ3) is 6.96. The van der Waals surface area contributed by atoms with Crippen LogP contribution < -0.4 is 14.8 Å². The van der Waals surface area contributed by atoms with Gasteiger partial charge in [-0.25, -0.2) is 0 Å². The van der Waals surface area contributed by atoms with Crippen molar-refractivity contribution < 1.29 is 19.3 Å². The summed E-state index contributed by atoms with van der Waals surface area (Å²) < 4.78 is 17.1. The highest BCUT2D eigenvalue weighted by Crippen LogP contribution is 2.32. The lowest BCUT2D eigenvalue weighted by atomic mass is 10.1. The smallest absolute Gasteiger partial charge is 0.162 e. The number of ether oxygens (including phenoxy) is 3. The Balaban J connectivity index is 0.00000264. The van der Waals surface area contributed by atoms with Crippen molar-refractivity contribution in [2.24, 2.45) is 0 Å². The van der Waals surface area contributed by atoms with E-state index in [-0.39, 0.29) is 30.7 Å². The summed E-state index contributed by atoms with van der Waals surface area (Å²) in [5.41, 5.74) is 1.12. The van der Waals surface area contributed by atoms with E-state index in [0.29, 0.717) is 19.8 Å². The number of aliphatic hydroxyl groups is 1. The van der Waals surface area contributed by atoms with Crippen molar-refractivity contribution in [3.63, 3.8) is 0 Å². The van der Waals surface area contributed by atoms with Gasteiger partial charge in [-0.2, -0.15) is 0 Å². The number of rotatable bonds is 6. The molecule has 5 nitrogen and oxygen atoms in total. The minimum atomic E-state index is -0.529. The second-order valence-electron chi connectivity index (χ2n) is 6.82. The number of fused-ring (bicyclic) bond motifs is 1. The van der Waals surface area contributed by atoms with E-state index in [1.54, 1.807) is 0 Å². The highest BCUT2D eigenvalue weighted by Gasteiger charge is 2.21. The van der Waals surface area contributed by atoms with Crippen LogP contribution in [0.25, 0.3) is 0 Å². The van der Waals surface area contributed by atoms with E-state index in [1.165, 1.54) is 0 Å². The van der Waals surface area contributed by atoms with Crippen LogP contribution in [0.2, 0.25) is 0 Å². The standard InChI is InChI=1S/C17H27NO4.ClH/c1-12-5-6-15-16(7-12)22-14(11-21-15)10-20-9-13(19)8-18-17(2,3)4;/h5-7,13-14,18-19H,8-11H2,1-4H3;1H. The average molecular weight is 346 g/mol. The van der Waals surface area contributed by atoms with Crippen molar-refractivity contribution in [2.45, 2.75) is 45.4 Å². The number of nitrogens with one attached hydrogen (secondary N) is 1. The first-order valence-electron chi connectivity index (χ1n) is 7.74. The lowest BCUT2D eigenvalue weighted by Gasteiger charge is -2.27. The Morgan fingerprint density at radius 1 is 1.35 bits per heavy atom. The molecule has 0 saturated carbocycles. The molecule has 1 aliphatic heterocycles. The van der Waals surface area contributed by atoms with Gasteiger partial charge in [-0.1, -0.05) is 6.07 Å². The van der Waals surface area contributed by atoms with Gasteiger partial charge < -0.3 is 24.6 Å². The van der Waals surface area contributed by atoms with Gasteiger partial charge in [-0.15, -0.1) is 12.4 Å². The number of halogens is 1. The fourth-order valence-corrected chi connectivity index (χ4v) is 2.12. The monoisotopic (exact) mass is 345 g/mol. The largest absolute Gasteiger partial charge is 0.486 e. The van der Waals surface area contributed by atoms with Crippen LogP contribution in [0.3, 0.4) is 0 Å². The summed E-state index contributed by atoms with van der Waals surface area (Å²) in [5, 5.41) is 13.1. The van der Waals surface area contributed by atoms with Crippen molar-refractivity contribution >= 4 is 12.4 Å². The molecule has 0 amide bonds. The number of benzene rings is 1. The second-order valence-corrected chi connectivity index (χ2v) is 6.82. The number of aryl methyl sites for hydroxylation is 1. The number of β-amino-alcohol motifs (C(OH)–C–C–N with tert-alkyl or cyclic N) is 1. The van der Waals surface area contributed by atoms with Crippen molar-refractivity contribution in [3.8, 4) is 11.5 Å². The molecule has 0 aliphatic carbocycles. The minimum Gasteiger partial charge on any atom is -0.486 e. The Kier molecular flexibility index (Phi) is 7.61. The lowest BCUT2D eigenvalue weighted by Crippen LogP contribution is -2.42. The van der Waals surface area contributed by atoms with Crippen molar-refractivity contribution in [2.75, 3.05) is 26.4 Å². The zero-order valence-corrected chi connectivity index (χ0v) is 15.1. The molecule has 132 valence electrons. The van der Waals surface area contributed by atoms with Gasteiger partial charge in [0.25, 0.3) is 0 Å². The van der Waals surface area contributed by atoms with E-state index in [9.17, 15) is 5.11 Å². The molecule has 1 heterocycles. The van der Waals surface area contributed by atoms with Crippen LogP contribution in [-0.4, -0.2) is 49.2 Å². The normalized spacial score (nSPS) is 18.2. The molecule has 6 heteroatoms. The summed E-state index contributed by atoms with van der Waals surface area (Å²) >= 11 is 0. The van der Waals surface area contributed by atoms with Gasteiger partial charge in [-0.3, -0.25) is 0 Å². The van der Waals surface area contributed by atoms with Crippen LogP contribution >= 0.6 is 12.4 Å². The third-order valence-corrected chi connectivity index (χ3v) is 3.30. The van der Waals surface area contributed by atoms with Crippen LogP contribution in [0, 0.1) is 6.92 Å². The molecule has 0 aromatic heterocycles. The second kappa shape index (κ2) is 8.73. The summed E-state index contributed by atoms with van der Waals surface area (Å²) in [6.07, 6.45) is -0.671. The van der Waals surface area contributed by atoms with Crippen LogP contribution in [0.4, 0.5) is 0 Å². The molecule has 0 bridgehead atoms. The fraction of sp³-hybridized carbons (Fsp3) is 0.647. The van der Waals surface area contributed by atoms with Gasteiger partial charge in [0.1, 0.15) is 6.61 Å². The Labute approximate surface area is 144 Å². The predicted molar refractivity (Wildman–Crippen MR) is 92.9 cm³/mol. The molecular weight excluding hydrogens is 318 g/mol. The zero-order chi connectivity index (χ0) is 16.2. The van der Waals surface area contributed by atoms with E-state index in [1.807, 2.05) is 25.1 Å². The Hall–Kier alpha value is -1.01. The first kappa shape index (κ1) is 20.0. The molecular formula is C17H28ClNO4. The lowest BCUT2D eigenvalue weighted by molar-refractivity contribution is -0.0221. The fourth-order valence-electron chi connectivity index (χ4n) is 2.12. The quantitative estimate of drug-likeness (QED) is 0.828. The van der Waals surface area contributed by atoms with E-state index < -0.39 is 6.10 Å². The number of hydrogen-bond donors (Lipinski definition) is 2. The van der Waals surface area contributed by atoms with Crippen LogP contribution in [-0.2, 0) is 4.74 Å². The maximum Gasteiger partial charge on any atom is 0.162 e. The van der Waals surface area contributed by atoms with Gasteiger partial charge in [0.15, 0.2) is 17.6 Å². The molecule has 2 N–H and O–H groups in total. The molecule has 1 aromatic carbocycles. The van der Waals surface area contributed by atoms with Crippen LogP contribution in [0.15, 0.2) is 18.2 Å². The summed E-state index contributed by atoms with van der Waals surface area (Å²) in [6, 6.07) is 5.88. The zero-order valence-electron chi connectivity index (χ0n) is 14.3. The molecule has 0 fully saturated rings. The van der Waals surface area contributed by atoms with E-state index in [0.717, 1.165) is 17.1 Å². The highest BCUT2D eigenvalue weighted by atomic mass is 35.5. The Morgan fingerprint density at radius 2 is 2.09 bits per heavy atom. The molecule has 1 aromatic rings. The van der Waals surface area contributed by atoms with Crippen LogP contribution in [0.1, 0.15) is 26.3 Å². The number of hydrogen-bond acceptors (Lipinski definition) is 5. The van der Waals surface area contributed by atoms with Crippen LogP contribution in [0.5, 0.6) is 11.5 Å². The molecule has 2 unspecified atom stereocenters. The molecule has 0 radical (unpaired) electrons. The Bertz CT molecular complexity index is 490. The van der Waals surface area contributed by atoms with Gasteiger partial charge in [0, 0.05) is 12.1 Å². The van der Waals surface area contributed by atoms with Gasteiger partial charge >= 0.3 is 0 Å². The van der Waals surface area contributed by atoms with Crippen molar-refractivity contribution in [3.05, 3.63) is 23.8 Å². The third-order valence-electron chi connectivity index (χ3n) is 3.30. The molecule has 2 atom stereocenters.